The molecule has 1 atom stereocenters. The van der Waals surface area contributed by atoms with Gasteiger partial charge in [0.15, 0.2) is 0 Å². The summed E-state index contributed by atoms with van der Waals surface area (Å²) in [5.74, 6) is -0.382. The Kier molecular flexibility index (Phi) is 4.76. The standard InChI is InChI=1S/C13H21N3O3/c17-11-8-10(9-15-11)13(19)14-5-4-12(18)16-6-2-1-3-7-16/h10H,1-9H2,(H,14,19)(H,15,17). The van der Waals surface area contributed by atoms with E-state index in [0.717, 1.165) is 25.9 Å². The fourth-order valence-electron chi connectivity index (χ4n) is 2.53. The summed E-state index contributed by atoms with van der Waals surface area (Å²) in [6.07, 6.45) is 3.96. The molecule has 0 aromatic rings. The Bertz CT molecular complexity index is 364. The molecule has 0 saturated carbocycles. The van der Waals surface area contributed by atoms with Gasteiger partial charge in [0, 0.05) is 39.0 Å². The van der Waals surface area contributed by atoms with Gasteiger partial charge in [-0.05, 0) is 19.3 Å². The summed E-state index contributed by atoms with van der Waals surface area (Å²) >= 11 is 0. The van der Waals surface area contributed by atoms with Crippen molar-refractivity contribution in [2.24, 2.45) is 5.92 Å². The zero-order valence-corrected chi connectivity index (χ0v) is 11.1. The average Bonchev–Trinajstić information content (AvgIpc) is 2.86. The molecule has 6 nitrogen and oxygen atoms in total. The van der Waals surface area contributed by atoms with Gasteiger partial charge in [0.1, 0.15) is 0 Å². The van der Waals surface area contributed by atoms with Crippen molar-refractivity contribution in [1.82, 2.24) is 15.5 Å². The third-order valence-electron chi connectivity index (χ3n) is 3.70. The molecule has 2 heterocycles. The molecule has 106 valence electrons. The molecule has 2 saturated heterocycles. The van der Waals surface area contributed by atoms with E-state index in [2.05, 4.69) is 10.6 Å². The maximum absolute atomic E-state index is 11.9. The van der Waals surface area contributed by atoms with Crippen molar-refractivity contribution in [2.45, 2.75) is 32.1 Å². The van der Waals surface area contributed by atoms with Crippen LogP contribution < -0.4 is 10.6 Å². The molecule has 0 bridgehead atoms. The predicted octanol–water partition coefficient (Wildman–Crippen LogP) is -0.359. The molecule has 1 unspecified atom stereocenters. The number of nitrogens with zero attached hydrogens (tertiary/aromatic N) is 1. The first-order valence-electron chi connectivity index (χ1n) is 6.99. The number of carbonyl (C=O) groups is 3. The normalized spacial score (nSPS) is 23.1. The first-order valence-corrected chi connectivity index (χ1v) is 6.99. The number of piperidine rings is 1. The van der Waals surface area contributed by atoms with Gasteiger partial charge in [-0.1, -0.05) is 0 Å². The quantitative estimate of drug-likeness (QED) is 0.730. The molecule has 3 amide bonds. The van der Waals surface area contributed by atoms with E-state index in [9.17, 15) is 14.4 Å². The molecule has 0 spiro atoms. The summed E-state index contributed by atoms with van der Waals surface area (Å²) in [7, 11) is 0. The smallest absolute Gasteiger partial charge is 0.225 e. The van der Waals surface area contributed by atoms with Crippen molar-refractivity contribution in [3.05, 3.63) is 0 Å². The summed E-state index contributed by atoms with van der Waals surface area (Å²) in [5, 5.41) is 5.36. The Morgan fingerprint density at radius 1 is 1.26 bits per heavy atom. The van der Waals surface area contributed by atoms with Gasteiger partial charge in [0.05, 0.1) is 5.92 Å². The van der Waals surface area contributed by atoms with Crippen molar-refractivity contribution in [3.63, 3.8) is 0 Å². The maximum atomic E-state index is 11.9. The Balaban J connectivity index is 1.64. The van der Waals surface area contributed by atoms with Crippen LogP contribution in [0.25, 0.3) is 0 Å². The highest BCUT2D eigenvalue weighted by molar-refractivity contribution is 5.89. The van der Waals surface area contributed by atoms with Gasteiger partial charge < -0.3 is 15.5 Å². The molecular weight excluding hydrogens is 246 g/mol. The minimum atomic E-state index is -0.280. The number of likely N-dealkylation sites (tertiary alicyclic amines) is 1. The first kappa shape index (κ1) is 13.8. The number of carbonyl (C=O) groups excluding carboxylic acids is 3. The molecule has 6 heteroatoms. The molecule has 2 aliphatic heterocycles. The largest absolute Gasteiger partial charge is 0.355 e. The van der Waals surface area contributed by atoms with Gasteiger partial charge in [-0.2, -0.15) is 0 Å². The molecule has 2 aliphatic rings. The fourth-order valence-corrected chi connectivity index (χ4v) is 2.53. The number of nitrogens with one attached hydrogen (secondary N) is 2. The fraction of sp³-hybridized carbons (Fsp3) is 0.769. The van der Waals surface area contributed by atoms with Crippen LogP contribution in [0.5, 0.6) is 0 Å². The SMILES string of the molecule is O=C1CC(C(=O)NCCC(=O)N2CCCCC2)CN1. The van der Waals surface area contributed by atoms with E-state index in [1.54, 1.807) is 0 Å². The van der Waals surface area contributed by atoms with Crippen LogP contribution in [0, 0.1) is 5.92 Å². The highest BCUT2D eigenvalue weighted by atomic mass is 16.2. The second kappa shape index (κ2) is 6.54. The van der Waals surface area contributed by atoms with Crippen LogP contribution >= 0.6 is 0 Å². The zero-order valence-electron chi connectivity index (χ0n) is 11.1. The predicted molar refractivity (Wildman–Crippen MR) is 69.2 cm³/mol. The van der Waals surface area contributed by atoms with E-state index in [1.165, 1.54) is 6.42 Å². The Morgan fingerprint density at radius 2 is 2.00 bits per heavy atom. The summed E-state index contributed by atoms with van der Waals surface area (Å²) in [4.78, 5) is 36.4. The Morgan fingerprint density at radius 3 is 2.63 bits per heavy atom. The van der Waals surface area contributed by atoms with Crippen molar-refractivity contribution in [1.29, 1.82) is 0 Å². The lowest BCUT2D eigenvalue weighted by molar-refractivity contribution is -0.132. The lowest BCUT2D eigenvalue weighted by Gasteiger charge is -2.26. The van der Waals surface area contributed by atoms with Crippen molar-refractivity contribution in [2.75, 3.05) is 26.2 Å². The van der Waals surface area contributed by atoms with Crippen LogP contribution in [0.3, 0.4) is 0 Å². The number of hydrogen-bond acceptors (Lipinski definition) is 3. The second-order valence-corrected chi connectivity index (χ2v) is 5.19. The van der Waals surface area contributed by atoms with Gasteiger partial charge in [-0.15, -0.1) is 0 Å². The van der Waals surface area contributed by atoms with Crippen molar-refractivity contribution < 1.29 is 14.4 Å². The van der Waals surface area contributed by atoms with E-state index in [-0.39, 0.29) is 30.1 Å². The molecule has 0 aromatic carbocycles. The third kappa shape index (κ3) is 3.94. The Labute approximate surface area is 112 Å². The van der Waals surface area contributed by atoms with Gasteiger partial charge in [-0.25, -0.2) is 0 Å². The molecule has 2 fully saturated rings. The average molecular weight is 267 g/mol. The zero-order chi connectivity index (χ0) is 13.7. The van der Waals surface area contributed by atoms with Gasteiger partial charge in [-0.3, -0.25) is 14.4 Å². The van der Waals surface area contributed by atoms with Crippen LogP contribution in [-0.4, -0.2) is 48.8 Å². The van der Waals surface area contributed by atoms with E-state index in [0.29, 0.717) is 19.5 Å². The molecule has 2 rings (SSSR count). The molecule has 0 aromatic heterocycles. The maximum Gasteiger partial charge on any atom is 0.225 e. The van der Waals surface area contributed by atoms with E-state index in [1.807, 2.05) is 4.90 Å². The summed E-state index contributed by atoms with van der Waals surface area (Å²) in [6, 6.07) is 0. The number of rotatable bonds is 4. The highest BCUT2D eigenvalue weighted by Gasteiger charge is 2.27. The summed E-state index contributed by atoms with van der Waals surface area (Å²) < 4.78 is 0. The monoisotopic (exact) mass is 267 g/mol. The van der Waals surface area contributed by atoms with Crippen molar-refractivity contribution >= 4 is 17.7 Å². The van der Waals surface area contributed by atoms with Gasteiger partial charge in [0.2, 0.25) is 17.7 Å². The van der Waals surface area contributed by atoms with Crippen LogP contribution in [0.1, 0.15) is 32.1 Å². The van der Waals surface area contributed by atoms with Gasteiger partial charge in [0.25, 0.3) is 0 Å². The van der Waals surface area contributed by atoms with Crippen molar-refractivity contribution in [3.8, 4) is 0 Å². The van der Waals surface area contributed by atoms with E-state index >= 15 is 0 Å². The minimum absolute atomic E-state index is 0.0791. The lowest BCUT2D eigenvalue weighted by Crippen LogP contribution is -2.39. The molecule has 2 N–H and O–H groups in total. The number of hydrogen-bond donors (Lipinski definition) is 2. The third-order valence-corrected chi connectivity index (χ3v) is 3.70. The molecular formula is C13H21N3O3. The minimum Gasteiger partial charge on any atom is -0.355 e. The van der Waals surface area contributed by atoms with Gasteiger partial charge >= 0.3 is 0 Å². The topological polar surface area (TPSA) is 78.5 Å². The molecule has 0 radical (unpaired) electrons. The first-order chi connectivity index (χ1) is 9.16. The Hall–Kier alpha value is -1.59. The van der Waals surface area contributed by atoms with Crippen LogP contribution in [0.2, 0.25) is 0 Å². The van der Waals surface area contributed by atoms with Crippen LogP contribution in [-0.2, 0) is 14.4 Å². The second-order valence-electron chi connectivity index (χ2n) is 5.19. The van der Waals surface area contributed by atoms with Crippen LogP contribution in [0.15, 0.2) is 0 Å². The highest BCUT2D eigenvalue weighted by Crippen LogP contribution is 2.10. The summed E-state index contributed by atoms with van der Waals surface area (Å²) in [5.41, 5.74) is 0. The molecule has 0 aliphatic carbocycles. The van der Waals surface area contributed by atoms with Crippen LogP contribution in [0.4, 0.5) is 0 Å². The lowest BCUT2D eigenvalue weighted by atomic mass is 10.1. The molecule has 19 heavy (non-hydrogen) atoms. The van der Waals surface area contributed by atoms with E-state index < -0.39 is 0 Å². The summed E-state index contributed by atoms with van der Waals surface area (Å²) in [6.45, 7) is 2.45. The van der Waals surface area contributed by atoms with E-state index in [4.69, 9.17) is 0 Å². The number of amides is 3.